The normalized spacial score (nSPS) is 15.8. The maximum absolute atomic E-state index is 11.7. The van der Waals surface area contributed by atoms with Gasteiger partial charge in [-0.05, 0) is 13.3 Å². The molecule has 0 amide bonds. The maximum atomic E-state index is 11.7. The van der Waals surface area contributed by atoms with Gasteiger partial charge in [0.05, 0.1) is 5.75 Å². The Morgan fingerprint density at radius 2 is 1.85 bits per heavy atom. The smallest absolute Gasteiger partial charge is 0.328 e. The molecule has 0 spiro atoms. The second kappa shape index (κ2) is 4.28. The Hall–Kier alpha value is -0.300. The van der Waals surface area contributed by atoms with Crippen molar-refractivity contribution in [2.24, 2.45) is 5.73 Å². The third kappa shape index (κ3) is 8.04. The Morgan fingerprint density at radius 3 is 2.15 bits per heavy atom. The van der Waals surface area contributed by atoms with Crippen molar-refractivity contribution in [3.8, 4) is 0 Å². The highest BCUT2D eigenvalue weighted by Crippen LogP contribution is 2.18. The molecule has 0 heterocycles. The van der Waals surface area contributed by atoms with Crippen LogP contribution in [0.15, 0.2) is 0 Å². The fourth-order valence-corrected chi connectivity index (χ4v) is 2.06. The Morgan fingerprint density at radius 1 is 1.38 bits per heavy atom. The molecule has 0 saturated heterocycles. The van der Waals surface area contributed by atoms with E-state index in [1.165, 1.54) is 0 Å². The first-order chi connectivity index (χ1) is 5.62. The number of alkyl halides is 3. The van der Waals surface area contributed by atoms with Crippen molar-refractivity contribution in [2.45, 2.75) is 25.6 Å². The van der Waals surface area contributed by atoms with Gasteiger partial charge in [-0.15, -0.1) is 0 Å². The summed E-state index contributed by atoms with van der Waals surface area (Å²) < 4.78 is 56.5. The molecule has 7 heteroatoms. The van der Waals surface area contributed by atoms with Gasteiger partial charge in [0.2, 0.25) is 0 Å². The standard InChI is InChI=1S/C6H12F3NO2S/c1-5(10)2-3-13(11,12)4-6(7,8)9/h5H,2-4,10H2,1H3. The van der Waals surface area contributed by atoms with E-state index < -0.39 is 33.6 Å². The third-order valence-corrected chi connectivity index (χ3v) is 2.89. The fourth-order valence-electron chi connectivity index (χ4n) is 0.687. The molecular formula is C6H12F3NO2S. The molecule has 0 fully saturated rings. The molecule has 0 bridgehead atoms. The van der Waals surface area contributed by atoms with E-state index in [9.17, 15) is 21.6 Å². The van der Waals surface area contributed by atoms with E-state index in [0.717, 1.165) is 0 Å². The summed E-state index contributed by atoms with van der Waals surface area (Å²) in [4.78, 5) is 0. The third-order valence-electron chi connectivity index (χ3n) is 1.27. The van der Waals surface area contributed by atoms with Crippen molar-refractivity contribution < 1.29 is 21.6 Å². The van der Waals surface area contributed by atoms with E-state index in [4.69, 9.17) is 5.73 Å². The molecule has 0 aliphatic rings. The topological polar surface area (TPSA) is 60.2 Å². The van der Waals surface area contributed by atoms with E-state index in [1.807, 2.05) is 0 Å². The molecule has 0 aromatic heterocycles. The average Bonchev–Trinajstić information content (AvgIpc) is 1.78. The zero-order valence-electron chi connectivity index (χ0n) is 7.13. The van der Waals surface area contributed by atoms with Gasteiger partial charge >= 0.3 is 6.18 Å². The van der Waals surface area contributed by atoms with Gasteiger partial charge in [-0.3, -0.25) is 0 Å². The molecule has 0 radical (unpaired) electrons. The summed E-state index contributed by atoms with van der Waals surface area (Å²) in [6.07, 6.45) is -4.60. The van der Waals surface area contributed by atoms with E-state index in [2.05, 4.69) is 0 Å². The van der Waals surface area contributed by atoms with Crippen molar-refractivity contribution in [1.29, 1.82) is 0 Å². The molecule has 0 aliphatic heterocycles. The number of hydrogen-bond donors (Lipinski definition) is 1. The highest BCUT2D eigenvalue weighted by atomic mass is 32.2. The highest BCUT2D eigenvalue weighted by molar-refractivity contribution is 7.91. The Kier molecular flexibility index (Phi) is 4.18. The predicted octanol–water partition coefficient (Wildman–Crippen LogP) is 0.701. The first-order valence-corrected chi connectivity index (χ1v) is 5.47. The van der Waals surface area contributed by atoms with Crippen molar-refractivity contribution in [1.82, 2.24) is 0 Å². The summed E-state index contributed by atoms with van der Waals surface area (Å²) in [6, 6.07) is -0.400. The van der Waals surface area contributed by atoms with E-state index in [0.29, 0.717) is 0 Å². The summed E-state index contributed by atoms with van der Waals surface area (Å²) in [6.45, 7) is 1.54. The molecule has 1 unspecified atom stereocenters. The SMILES string of the molecule is CC(N)CCS(=O)(=O)CC(F)(F)F. The molecule has 0 aromatic carbocycles. The molecule has 0 saturated carbocycles. The van der Waals surface area contributed by atoms with Crippen molar-refractivity contribution in [2.75, 3.05) is 11.5 Å². The van der Waals surface area contributed by atoms with Crippen molar-refractivity contribution in [3.05, 3.63) is 0 Å². The number of rotatable bonds is 4. The van der Waals surface area contributed by atoms with Crippen LogP contribution in [0.2, 0.25) is 0 Å². The molecule has 0 aromatic rings. The van der Waals surface area contributed by atoms with Crippen LogP contribution in [0.3, 0.4) is 0 Å². The molecular weight excluding hydrogens is 207 g/mol. The van der Waals surface area contributed by atoms with E-state index >= 15 is 0 Å². The van der Waals surface area contributed by atoms with Crippen LogP contribution in [0.1, 0.15) is 13.3 Å². The molecule has 1 atom stereocenters. The lowest BCUT2D eigenvalue weighted by molar-refractivity contribution is -0.106. The summed E-state index contributed by atoms with van der Waals surface area (Å²) in [5, 5.41) is 0. The van der Waals surface area contributed by atoms with Gasteiger partial charge in [-0.2, -0.15) is 13.2 Å². The van der Waals surface area contributed by atoms with E-state index in [-0.39, 0.29) is 6.42 Å². The maximum Gasteiger partial charge on any atom is 0.402 e. The summed E-state index contributed by atoms with van der Waals surface area (Å²) in [5.41, 5.74) is 5.22. The zero-order valence-corrected chi connectivity index (χ0v) is 7.95. The zero-order chi connectivity index (χ0) is 10.7. The molecule has 0 rings (SSSR count). The minimum atomic E-state index is -4.66. The van der Waals surface area contributed by atoms with Crippen LogP contribution >= 0.6 is 0 Å². The fraction of sp³-hybridized carbons (Fsp3) is 1.00. The Bertz CT molecular complexity index is 245. The van der Waals surface area contributed by atoms with Crippen LogP contribution in [-0.4, -0.2) is 32.1 Å². The molecule has 13 heavy (non-hydrogen) atoms. The van der Waals surface area contributed by atoms with Crippen molar-refractivity contribution >= 4 is 9.84 Å². The van der Waals surface area contributed by atoms with Crippen LogP contribution < -0.4 is 5.73 Å². The number of halogens is 3. The number of sulfone groups is 1. The van der Waals surface area contributed by atoms with Gasteiger partial charge < -0.3 is 5.73 Å². The highest BCUT2D eigenvalue weighted by Gasteiger charge is 2.34. The first-order valence-electron chi connectivity index (χ1n) is 3.65. The molecule has 3 nitrogen and oxygen atoms in total. The summed E-state index contributed by atoms with van der Waals surface area (Å²) >= 11 is 0. The average molecular weight is 219 g/mol. The minimum absolute atomic E-state index is 0.0540. The Labute approximate surface area is 75.0 Å². The summed E-state index contributed by atoms with van der Waals surface area (Å²) in [5.74, 6) is -2.27. The predicted molar refractivity (Wildman–Crippen MR) is 43.0 cm³/mol. The van der Waals surface area contributed by atoms with Gasteiger partial charge in [0.25, 0.3) is 0 Å². The quantitative estimate of drug-likeness (QED) is 0.757. The lowest BCUT2D eigenvalue weighted by atomic mass is 10.3. The van der Waals surface area contributed by atoms with Crippen LogP contribution in [0.5, 0.6) is 0 Å². The second-order valence-corrected chi connectivity index (χ2v) is 5.16. The van der Waals surface area contributed by atoms with Gasteiger partial charge in [-0.25, -0.2) is 8.42 Å². The van der Waals surface area contributed by atoms with Gasteiger partial charge in [0.1, 0.15) is 5.75 Å². The first kappa shape index (κ1) is 12.7. The van der Waals surface area contributed by atoms with Gasteiger partial charge in [0, 0.05) is 6.04 Å². The van der Waals surface area contributed by atoms with Crippen LogP contribution in [0.4, 0.5) is 13.2 Å². The van der Waals surface area contributed by atoms with Crippen LogP contribution in [0.25, 0.3) is 0 Å². The minimum Gasteiger partial charge on any atom is -0.328 e. The van der Waals surface area contributed by atoms with E-state index in [1.54, 1.807) is 6.92 Å². The largest absolute Gasteiger partial charge is 0.402 e. The van der Waals surface area contributed by atoms with Crippen LogP contribution in [0, 0.1) is 0 Å². The lowest BCUT2D eigenvalue weighted by Crippen LogP contribution is -2.27. The Balaban J connectivity index is 4.11. The summed E-state index contributed by atoms with van der Waals surface area (Å²) in [7, 11) is -4.04. The van der Waals surface area contributed by atoms with Gasteiger partial charge in [0.15, 0.2) is 9.84 Å². The molecule has 80 valence electrons. The van der Waals surface area contributed by atoms with Crippen molar-refractivity contribution in [3.63, 3.8) is 0 Å². The number of nitrogens with two attached hydrogens (primary N) is 1. The number of hydrogen-bond acceptors (Lipinski definition) is 3. The molecule has 2 N–H and O–H groups in total. The van der Waals surface area contributed by atoms with Crippen LogP contribution in [-0.2, 0) is 9.84 Å². The second-order valence-electron chi connectivity index (χ2n) is 2.97. The lowest BCUT2D eigenvalue weighted by Gasteiger charge is -2.08. The molecule has 0 aliphatic carbocycles. The monoisotopic (exact) mass is 219 g/mol. The van der Waals surface area contributed by atoms with Gasteiger partial charge in [-0.1, -0.05) is 0 Å².